The first-order chi connectivity index (χ1) is 10.2. The van der Waals surface area contributed by atoms with Crippen molar-refractivity contribution in [1.29, 1.82) is 0 Å². The molecule has 6 nitrogen and oxygen atoms in total. The number of halogens is 1. The van der Waals surface area contributed by atoms with Gasteiger partial charge in [-0.3, -0.25) is 0 Å². The second kappa shape index (κ2) is 12.3. The van der Waals surface area contributed by atoms with E-state index in [-0.39, 0.29) is 29.7 Å². The number of nitrogens with zero attached hydrogens (tertiary/aromatic N) is 1. The zero-order chi connectivity index (χ0) is 15.5. The van der Waals surface area contributed by atoms with E-state index in [0.29, 0.717) is 24.9 Å². The van der Waals surface area contributed by atoms with Crippen LogP contribution in [0, 0.1) is 0 Å². The van der Waals surface area contributed by atoms with E-state index in [2.05, 4.69) is 17.2 Å². The maximum Gasteiger partial charge on any atom is 0.374 e. The van der Waals surface area contributed by atoms with Gasteiger partial charge in [-0.15, -0.1) is 24.0 Å². The lowest BCUT2D eigenvalue weighted by Gasteiger charge is -2.04. The average molecular weight is 423 g/mol. The molecule has 0 aromatic carbocycles. The molecule has 0 bridgehead atoms. The fraction of sp³-hybridized carbons (Fsp3) is 0.600. The Balaban J connectivity index is 0.00000441. The number of aliphatic imine (C=N–C) groups is 1. The lowest BCUT2D eigenvalue weighted by molar-refractivity contribution is 0.0488. The summed E-state index contributed by atoms with van der Waals surface area (Å²) in [6.45, 7) is 5.37. The van der Waals surface area contributed by atoms with Gasteiger partial charge in [-0.1, -0.05) is 26.2 Å². The molecule has 0 saturated carbocycles. The van der Waals surface area contributed by atoms with Gasteiger partial charge >= 0.3 is 5.97 Å². The number of guanidine groups is 1. The number of furan rings is 1. The van der Waals surface area contributed by atoms with Gasteiger partial charge in [0.1, 0.15) is 12.3 Å². The van der Waals surface area contributed by atoms with Crippen LogP contribution in [-0.2, 0) is 11.3 Å². The van der Waals surface area contributed by atoms with E-state index in [0.717, 1.165) is 13.0 Å². The minimum absolute atomic E-state index is 0. The summed E-state index contributed by atoms with van der Waals surface area (Å²) in [6, 6.07) is 3.28. The number of hydrogen-bond donors (Lipinski definition) is 2. The molecule has 7 heteroatoms. The molecule has 0 aliphatic carbocycles. The summed E-state index contributed by atoms with van der Waals surface area (Å²) in [6.07, 6.45) is 4.72. The van der Waals surface area contributed by atoms with Gasteiger partial charge in [0.05, 0.1) is 6.61 Å². The lowest BCUT2D eigenvalue weighted by atomic mass is 10.2. The molecule has 0 fully saturated rings. The van der Waals surface area contributed by atoms with E-state index < -0.39 is 5.97 Å². The normalized spacial score (nSPS) is 10.9. The molecule has 126 valence electrons. The van der Waals surface area contributed by atoms with Crippen molar-refractivity contribution in [2.75, 3.05) is 13.2 Å². The predicted octanol–water partition coefficient (Wildman–Crippen LogP) is 3.06. The smallest absolute Gasteiger partial charge is 0.374 e. The first-order valence-electron chi connectivity index (χ1n) is 7.47. The average Bonchev–Trinajstić information content (AvgIpc) is 2.94. The number of nitrogens with two attached hydrogens (primary N) is 1. The van der Waals surface area contributed by atoms with Crippen molar-refractivity contribution < 1.29 is 13.9 Å². The van der Waals surface area contributed by atoms with Gasteiger partial charge in [-0.25, -0.2) is 9.79 Å². The Morgan fingerprint density at radius 2 is 2.09 bits per heavy atom. The van der Waals surface area contributed by atoms with Crippen LogP contribution >= 0.6 is 24.0 Å². The lowest BCUT2D eigenvalue weighted by Crippen LogP contribution is -2.32. The summed E-state index contributed by atoms with van der Waals surface area (Å²) in [5.74, 6) is 0.692. The molecule has 0 spiro atoms. The number of ether oxygens (including phenoxy) is 1. The van der Waals surface area contributed by atoms with Gasteiger partial charge < -0.3 is 20.2 Å². The maximum atomic E-state index is 11.4. The van der Waals surface area contributed by atoms with Crippen molar-refractivity contribution in [2.45, 2.75) is 46.1 Å². The number of hydrogen-bond acceptors (Lipinski definition) is 4. The Labute approximate surface area is 148 Å². The van der Waals surface area contributed by atoms with E-state index in [4.69, 9.17) is 14.9 Å². The minimum Gasteiger partial charge on any atom is -0.460 e. The van der Waals surface area contributed by atoms with Crippen LogP contribution in [0.25, 0.3) is 0 Å². The molecular weight excluding hydrogens is 397 g/mol. The first-order valence-corrected chi connectivity index (χ1v) is 7.47. The van der Waals surface area contributed by atoms with E-state index >= 15 is 0 Å². The highest BCUT2D eigenvalue weighted by Crippen LogP contribution is 2.10. The summed E-state index contributed by atoms with van der Waals surface area (Å²) in [4.78, 5) is 15.6. The van der Waals surface area contributed by atoms with Gasteiger partial charge in [0.15, 0.2) is 5.96 Å². The van der Waals surface area contributed by atoms with Crippen LogP contribution in [0.3, 0.4) is 0 Å². The summed E-state index contributed by atoms with van der Waals surface area (Å²) < 4.78 is 10.2. The highest BCUT2D eigenvalue weighted by Gasteiger charge is 2.11. The molecule has 1 aromatic rings. The third kappa shape index (κ3) is 8.26. The number of carbonyl (C=O) groups is 1. The first kappa shape index (κ1) is 20.8. The molecule has 0 atom stereocenters. The Morgan fingerprint density at radius 3 is 2.77 bits per heavy atom. The van der Waals surface area contributed by atoms with Crippen molar-refractivity contribution in [2.24, 2.45) is 10.7 Å². The van der Waals surface area contributed by atoms with Gasteiger partial charge in [0, 0.05) is 6.54 Å². The summed E-state index contributed by atoms with van der Waals surface area (Å²) >= 11 is 0. The summed E-state index contributed by atoms with van der Waals surface area (Å²) in [5, 5.41) is 3.06. The number of esters is 1. The van der Waals surface area contributed by atoms with E-state index in [1.165, 1.54) is 19.3 Å². The van der Waals surface area contributed by atoms with E-state index in [1.807, 2.05) is 0 Å². The van der Waals surface area contributed by atoms with Crippen LogP contribution < -0.4 is 11.1 Å². The quantitative estimate of drug-likeness (QED) is 0.210. The second-order valence-electron chi connectivity index (χ2n) is 4.68. The highest BCUT2D eigenvalue weighted by molar-refractivity contribution is 14.0. The van der Waals surface area contributed by atoms with Crippen molar-refractivity contribution in [3.05, 3.63) is 23.7 Å². The molecule has 22 heavy (non-hydrogen) atoms. The van der Waals surface area contributed by atoms with E-state index in [9.17, 15) is 4.79 Å². The Hall–Kier alpha value is -1.25. The summed E-state index contributed by atoms with van der Waals surface area (Å²) in [5.41, 5.74) is 5.76. The second-order valence-corrected chi connectivity index (χ2v) is 4.68. The standard InChI is InChI=1S/C15H25N3O3.HI/c1-3-5-6-7-10-17-15(16)18-11-12-8-9-13(21-12)14(19)20-4-2;/h8-9H,3-7,10-11H2,1-2H3,(H3,16,17,18);1H. The number of carbonyl (C=O) groups excluding carboxylic acids is 1. The zero-order valence-corrected chi connectivity index (χ0v) is 15.6. The van der Waals surface area contributed by atoms with Gasteiger partial charge in [-0.2, -0.15) is 0 Å². The highest BCUT2D eigenvalue weighted by atomic mass is 127. The van der Waals surface area contributed by atoms with Crippen LogP contribution in [0.1, 0.15) is 55.8 Å². The predicted molar refractivity (Wildman–Crippen MR) is 97.6 cm³/mol. The van der Waals surface area contributed by atoms with Crippen LogP contribution in [0.4, 0.5) is 0 Å². The van der Waals surface area contributed by atoms with Crippen LogP contribution in [-0.4, -0.2) is 25.1 Å². The third-order valence-corrected chi connectivity index (χ3v) is 2.88. The van der Waals surface area contributed by atoms with Crippen molar-refractivity contribution in [3.63, 3.8) is 0 Å². The van der Waals surface area contributed by atoms with Crippen LogP contribution in [0.15, 0.2) is 21.5 Å². The Bertz CT molecular complexity index is 461. The molecule has 0 aliphatic heterocycles. The van der Waals surface area contributed by atoms with Crippen molar-refractivity contribution in [3.8, 4) is 0 Å². The number of nitrogens with one attached hydrogen (secondary N) is 1. The Morgan fingerprint density at radius 1 is 1.32 bits per heavy atom. The third-order valence-electron chi connectivity index (χ3n) is 2.88. The minimum atomic E-state index is -0.463. The van der Waals surface area contributed by atoms with Crippen molar-refractivity contribution in [1.82, 2.24) is 5.32 Å². The number of rotatable bonds is 9. The fourth-order valence-electron chi connectivity index (χ4n) is 1.76. The van der Waals surface area contributed by atoms with E-state index in [1.54, 1.807) is 19.1 Å². The topological polar surface area (TPSA) is 89.8 Å². The van der Waals surface area contributed by atoms with Crippen LogP contribution in [0.5, 0.6) is 0 Å². The molecule has 0 unspecified atom stereocenters. The van der Waals surface area contributed by atoms with Gasteiger partial charge in [0.25, 0.3) is 0 Å². The SMILES string of the molecule is CCCCCCNC(N)=NCc1ccc(C(=O)OCC)o1.I. The molecule has 1 aromatic heterocycles. The Kier molecular flexibility index (Phi) is 11.6. The maximum absolute atomic E-state index is 11.4. The molecule has 1 rings (SSSR count). The van der Waals surface area contributed by atoms with Gasteiger partial charge in [0.2, 0.25) is 5.76 Å². The molecule has 1 heterocycles. The molecule has 0 saturated heterocycles. The molecule has 0 amide bonds. The zero-order valence-electron chi connectivity index (χ0n) is 13.3. The van der Waals surface area contributed by atoms with Gasteiger partial charge in [-0.05, 0) is 25.5 Å². The summed E-state index contributed by atoms with van der Waals surface area (Å²) in [7, 11) is 0. The number of unbranched alkanes of at least 4 members (excludes halogenated alkanes) is 3. The monoisotopic (exact) mass is 423 g/mol. The molecule has 3 N–H and O–H groups in total. The largest absolute Gasteiger partial charge is 0.460 e. The molecule has 0 radical (unpaired) electrons. The van der Waals surface area contributed by atoms with Crippen LogP contribution in [0.2, 0.25) is 0 Å². The molecule has 0 aliphatic rings. The molecular formula is C15H26IN3O3. The fourth-order valence-corrected chi connectivity index (χ4v) is 1.76. The van der Waals surface area contributed by atoms with Crippen molar-refractivity contribution >= 4 is 35.9 Å².